The summed E-state index contributed by atoms with van der Waals surface area (Å²) in [6, 6.07) is 5.98. The van der Waals surface area contributed by atoms with E-state index in [0.29, 0.717) is 6.54 Å². The smallest absolute Gasteiger partial charge is 0.237 e. The summed E-state index contributed by atoms with van der Waals surface area (Å²) in [4.78, 5) is 16.4. The molecule has 4 heteroatoms. The maximum Gasteiger partial charge on any atom is 0.237 e. The van der Waals surface area contributed by atoms with E-state index in [9.17, 15) is 4.79 Å². The van der Waals surface area contributed by atoms with E-state index < -0.39 is 0 Å². The molecule has 1 unspecified atom stereocenters. The van der Waals surface area contributed by atoms with E-state index in [4.69, 9.17) is 0 Å². The van der Waals surface area contributed by atoms with Gasteiger partial charge in [-0.25, -0.2) is 0 Å². The summed E-state index contributed by atoms with van der Waals surface area (Å²) in [5.74, 6) is 0.0568. The normalized spacial score (nSPS) is 12.5. The van der Waals surface area contributed by atoms with Gasteiger partial charge in [-0.1, -0.05) is 19.9 Å². The molecule has 19 heavy (non-hydrogen) atoms. The molecule has 1 heterocycles. The second kappa shape index (κ2) is 7.89. The first-order chi connectivity index (χ1) is 9.06. The molecule has 0 saturated carbocycles. The van der Waals surface area contributed by atoms with Crippen molar-refractivity contribution in [1.82, 2.24) is 15.6 Å². The molecule has 0 aromatic carbocycles. The third-order valence-corrected chi connectivity index (χ3v) is 3.26. The Morgan fingerprint density at radius 1 is 1.32 bits per heavy atom. The molecular weight excluding hydrogens is 238 g/mol. The van der Waals surface area contributed by atoms with Crippen LogP contribution in [0.5, 0.6) is 0 Å². The molecule has 1 atom stereocenters. The van der Waals surface area contributed by atoms with E-state index in [1.807, 2.05) is 32.0 Å². The summed E-state index contributed by atoms with van der Waals surface area (Å²) in [6.07, 6.45) is 1.93. The monoisotopic (exact) mass is 263 g/mol. The maximum absolute atomic E-state index is 12.0. The van der Waals surface area contributed by atoms with Crippen LogP contribution in [0, 0.1) is 6.92 Å². The molecule has 1 amide bonds. The van der Waals surface area contributed by atoms with Gasteiger partial charge in [-0.05, 0) is 38.8 Å². The van der Waals surface area contributed by atoms with Gasteiger partial charge in [0.05, 0.1) is 11.7 Å². The summed E-state index contributed by atoms with van der Waals surface area (Å²) >= 11 is 0. The van der Waals surface area contributed by atoms with E-state index in [-0.39, 0.29) is 18.0 Å². The molecule has 106 valence electrons. The zero-order chi connectivity index (χ0) is 14.3. The molecule has 1 aromatic heterocycles. The predicted molar refractivity (Wildman–Crippen MR) is 77.8 cm³/mol. The Morgan fingerprint density at radius 2 is 2.00 bits per heavy atom. The van der Waals surface area contributed by atoms with Crippen molar-refractivity contribution in [1.29, 1.82) is 0 Å². The summed E-state index contributed by atoms with van der Waals surface area (Å²) in [5, 5.41) is 6.25. The van der Waals surface area contributed by atoms with Crippen molar-refractivity contribution < 1.29 is 4.79 Å². The van der Waals surface area contributed by atoms with E-state index in [0.717, 1.165) is 24.2 Å². The maximum atomic E-state index is 12.0. The number of hydrogen-bond donors (Lipinski definition) is 2. The van der Waals surface area contributed by atoms with E-state index in [1.54, 1.807) is 0 Å². The topological polar surface area (TPSA) is 54.0 Å². The zero-order valence-corrected chi connectivity index (χ0v) is 12.4. The minimum atomic E-state index is -0.206. The Hall–Kier alpha value is -1.42. The lowest BCUT2D eigenvalue weighted by molar-refractivity contribution is -0.123. The zero-order valence-electron chi connectivity index (χ0n) is 12.4. The molecule has 0 fully saturated rings. The van der Waals surface area contributed by atoms with E-state index in [1.165, 1.54) is 0 Å². The molecule has 0 radical (unpaired) electrons. The first kappa shape index (κ1) is 15.6. The quantitative estimate of drug-likeness (QED) is 0.792. The molecule has 0 aliphatic heterocycles. The van der Waals surface area contributed by atoms with Crippen molar-refractivity contribution >= 4 is 5.91 Å². The Bertz CT molecular complexity index is 402. The van der Waals surface area contributed by atoms with Gasteiger partial charge in [0.25, 0.3) is 0 Å². The standard InChI is InChI=1S/C15H25N3O/c1-5-13(6-2)18-15(19)12(4)16-10-14-9-7-8-11(3)17-14/h7-9,12-13,16H,5-6,10H2,1-4H3,(H,18,19). The molecule has 0 aliphatic rings. The van der Waals surface area contributed by atoms with E-state index >= 15 is 0 Å². The highest BCUT2D eigenvalue weighted by molar-refractivity contribution is 5.81. The van der Waals surface area contributed by atoms with Crippen LogP contribution < -0.4 is 10.6 Å². The fourth-order valence-corrected chi connectivity index (χ4v) is 1.87. The van der Waals surface area contributed by atoms with Crippen LogP contribution in [0.4, 0.5) is 0 Å². The molecule has 4 nitrogen and oxygen atoms in total. The fourth-order valence-electron chi connectivity index (χ4n) is 1.87. The first-order valence-electron chi connectivity index (χ1n) is 7.03. The largest absolute Gasteiger partial charge is 0.352 e. The van der Waals surface area contributed by atoms with E-state index in [2.05, 4.69) is 29.5 Å². The van der Waals surface area contributed by atoms with Crippen molar-refractivity contribution in [3.63, 3.8) is 0 Å². The van der Waals surface area contributed by atoms with Crippen LogP contribution in [0.15, 0.2) is 18.2 Å². The number of aryl methyl sites for hydroxylation is 1. The van der Waals surface area contributed by atoms with Crippen LogP contribution in [0.1, 0.15) is 45.0 Å². The Labute approximate surface area is 116 Å². The number of hydrogen-bond acceptors (Lipinski definition) is 3. The summed E-state index contributed by atoms with van der Waals surface area (Å²) in [7, 11) is 0. The first-order valence-corrected chi connectivity index (χ1v) is 7.03. The number of rotatable bonds is 7. The van der Waals surface area contributed by atoms with Gasteiger partial charge in [0.2, 0.25) is 5.91 Å². The number of amides is 1. The highest BCUT2D eigenvalue weighted by Gasteiger charge is 2.15. The number of nitrogens with zero attached hydrogens (tertiary/aromatic N) is 1. The minimum Gasteiger partial charge on any atom is -0.352 e. The predicted octanol–water partition coefficient (Wildman–Crippen LogP) is 2.17. The van der Waals surface area contributed by atoms with Crippen LogP contribution in [-0.2, 0) is 11.3 Å². The number of carbonyl (C=O) groups is 1. The van der Waals surface area contributed by atoms with Crippen LogP contribution in [-0.4, -0.2) is 23.0 Å². The third-order valence-electron chi connectivity index (χ3n) is 3.26. The molecule has 1 aromatic rings. The second-order valence-electron chi connectivity index (χ2n) is 4.89. The van der Waals surface area contributed by atoms with Gasteiger partial charge in [-0.2, -0.15) is 0 Å². The van der Waals surface area contributed by atoms with Crippen LogP contribution in [0.3, 0.4) is 0 Å². The number of aromatic nitrogens is 1. The van der Waals surface area contributed by atoms with Gasteiger partial charge in [-0.3, -0.25) is 9.78 Å². The molecule has 0 spiro atoms. The van der Waals surface area contributed by atoms with Crippen molar-refractivity contribution in [2.24, 2.45) is 0 Å². The Morgan fingerprint density at radius 3 is 2.58 bits per heavy atom. The summed E-state index contributed by atoms with van der Waals surface area (Å²) in [6.45, 7) is 8.63. The highest BCUT2D eigenvalue weighted by Crippen LogP contribution is 2.00. The Balaban J connectivity index is 2.42. The van der Waals surface area contributed by atoms with Gasteiger partial charge >= 0.3 is 0 Å². The van der Waals surface area contributed by atoms with Crippen LogP contribution in [0.2, 0.25) is 0 Å². The lowest BCUT2D eigenvalue weighted by atomic mass is 10.1. The van der Waals surface area contributed by atoms with Crippen LogP contribution in [0.25, 0.3) is 0 Å². The molecule has 0 bridgehead atoms. The summed E-state index contributed by atoms with van der Waals surface area (Å²) < 4.78 is 0. The molecule has 0 aliphatic carbocycles. The number of carbonyl (C=O) groups excluding carboxylic acids is 1. The lowest BCUT2D eigenvalue weighted by Gasteiger charge is -2.19. The van der Waals surface area contributed by atoms with Gasteiger partial charge in [-0.15, -0.1) is 0 Å². The van der Waals surface area contributed by atoms with Gasteiger partial charge in [0.15, 0.2) is 0 Å². The average Bonchev–Trinajstić information content (AvgIpc) is 2.41. The van der Waals surface area contributed by atoms with Crippen molar-refractivity contribution in [2.75, 3.05) is 0 Å². The van der Waals surface area contributed by atoms with Crippen LogP contribution >= 0.6 is 0 Å². The Kier molecular flexibility index (Phi) is 6.50. The fraction of sp³-hybridized carbons (Fsp3) is 0.600. The van der Waals surface area contributed by atoms with Gasteiger partial charge in [0.1, 0.15) is 0 Å². The number of pyridine rings is 1. The molecule has 0 saturated heterocycles. The van der Waals surface area contributed by atoms with Gasteiger partial charge in [0, 0.05) is 18.3 Å². The molecule has 1 rings (SSSR count). The average molecular weight is 263 g/mol. The lowest BCUT2D eigenvalue weighted by Crippen LogP contribution is -2.45. The third kappa shape index (κ3) is 5.39. The second-order valence-corrected chi connectivity index (χ2v) is 4.89. The van der Waals surface area contributed by atoms with Crippen molar-refractivity contribution in [2.45, 2.75) is 59.2 Å². The van der Waals surface area contributed by atoms with Crippen molar-refractivity contribution in [3.8, 4) is 0 Å². The minimum absolute atomic E-state index is 0.0568. The summed E-state index contributed by atoms with van der Waals surface area (Å²) in [5.41, 5.74) is 1.95. The highest BCUT2D eigenvalue weighted by atomic mass is 16.2. The number of nitrogens with one attached hydrogen (secondary N) is 2. The van der Waals surface area contributed by atoms with Crippen molar-refractivity contribution in [3.05, 3.63) is 29.6 Å². The van der Waals surface area contributed by atoms with Gasteiger partial charge < -0.3 is 10.6 Å². The SMILES string of the molecule is CCC(CC)NC(=O)C(C)NCc1cccc(C)n1. The molecule has 2 N–H and O–H groups in total. The molecular formula is C15H25N3O.